The Hall–Kier alpha value is -2.82. The van der Waals surface area contributed by atoms with Crippen LogP contribution in [0, 0.1) is 0 Å². The zero-order chi connectivity index (χ0) is 22.0. The number of aromatic carboxylic acids is 1. The summed E-state index contributed by atoms with van der Waals surface area (Å²) >= 11 is 0. The lowest BCUT2D eigenvalue weighted by Crippen LogP contribution is -2.27. The second-order valence-electron chi connectivity index (χ2n) is 5.98. The van der Waals surface area contributed by atoms with E-state index in [9.17, 15) is 26.4 Å². The first-order chi connectivity index (χ1) is 14.1. The maximum atomic E-state index is 13.3. The maximum absolute atomic E-state index is 13.3. The maximum Gasteiger partial charge on any atom is 0.524 e. The number of halogens is 3. The number of hydrogen-bond donors (Lipinski definition) is 1. The highest BCUT2D eigenvalue weighted by Crippen LogP contribution is 2.70. The Balaban J connectivity index is 2.37. The summed E-state index contributed by atoms with van der Waals surface area (Å²) in [5.74, 6) is -1.23. The molecule has 158 valence electrons. The minimum absolute atomic E-state index is 0.0951. The molecular formula is C20H15F3O5S2. The van der Waals surface area contributed by atoms with E-state index in [0.717, 1.165) is 0 Å². The highest BCUT2D eigenvalue weighted by atomic mass is 32.3. The molecule has 0 radical (unpaired) electrons. The van der Waals surface area contributed by atoms with Crippen LogP contribution in [0.5, 0.6) is 0 Å². The van der Waals surface area contributed by atoms with E-state index in [1.54, 1.807) is 36.4 Å². The number of carboxylic acids is 1. The van der Waals surface area contributed by atoms with Crippen molar-refractivity contribution in [2.45, 2.75) is 20.2 Å². The molecule has 0 saturated carbocycles. The summed E-state index contributed by atoms with van der Waals surface area (Å²) in [5, 5.41) is 9.14. The van der Waals surface area contributed by atoms with Crippen molar-refractivity contribution in [3.8, 4) is 0 Å². The molecule has 0 atom stereocenters. The molecule has 0 amide bonds. The first kappa shape index (κ1) is 21.9. The van der Waals surface area contributed by atoms with Gasteiger partial charge in [0.25, 0.3) is 0 Å². The van der Waals surface area contributed by atoms with Gasteiger partial charge in [-0.25, -0.2) is 4.79 Å². The zero-order valence-corrected chi connectivity index (χ0v) is 16.7. The summed E-state index contributed by atoms with van der Waals surface area (Å²) in [6.45, 7) is 0. The van der Waals surface area contributed by atoms with Crippen LogP contribution < -0.4 is 0 Å². The normalized spacial score (nSPS) is 13.0. The molecule has 0 saturated heterocycles. The molecule has 0 spiro atoms. The lowest BCUT2D eigenvalue weighted by molar-refractivity contribution is -0.0496. The van der Waals surface area contributed by atoms with Crippen molar-refractivity contribution in [2.24, 2.45) is 0 Å². The van der Waals surface area contributed by atoms with Crippen LogP contribution >= 0.6 is 10.3 Å². The van der Waals surface area contributed by atoms with Crippen LogP contribution in [-0.2, 0) is 13.7 Å². The number of carbonyl (C=O) groups is 1. The number of rotatable bonds is 6. The third-order valence-electron chi connectivity index (χ3n) is 4.06. The smallest absolute Gasteiger partial charge is 0.478 e. The Morgan fingerprint density at radius 3 is 1.50 bits per heavy atom. The van der Waals surface area contributed by atoms with Gasteiger partial charge in [0.2, 0.25) is 0 Å². The Morgan fingerprint density at radius 2 is 1.13 bits per heavy atom. The van der Waals surface area contributed by atoms with Crippen molar-refractivity contribution in [3.63, 3.8) is 0 Å². The Bertz CT molecular complexity index is 1090. The molecule has 1 N–H and O–H groups in total. The van der Waals surface area contributed by atoms with Crippen LogP contribution in [0.2, 0.25) is 0 Å². The second-order valence-corrected chi connectivity index (χ2v) is 10.4. The summed E-state index contributed by atoms with van der Waals surface area (Å²) in [6.07, 6.45) is 0. The van der Waals surface area contributed by atoms with Crippen LogP contribution in [0.1, 0.15) is 10.4 Å². The van der Waals surface area contributed by atoms with Gasteiger partial charge in [0.05, 0.1) is 5.56 Å². The van der Waals surface area contributed by atoms with Crippen molar-refractivity contribution in [2.75, 3.05) is 0 Å². The third kappa shape index (κ3) is 4.07. The topological polar surface area (TPSA) is 80.7 Å². The summed E-state index contributed by atoms with van der Waals surface area (Å²) < 4.78 is 69.2. The lowest BCUT2D eigenvalue weighted by atomic mass is 10.2. The SMILES string of the molecule is O=C(O)c1ccc(S(OS(=O)(=O)C(F)(F)F)(c2ccccc2)c2ccccc2)cc1. The minimum Gasteiger partial charge on any atom is -0.478 e. The first-order valence-electron chi connectivity index (χ1n) is 8.37. The predicted molar refractivity (Wildman–Crippen MR) is 105 cm³/mol. The van der Waals surface area contributed by atoms with E-state index >= 15 is 0 Å². The van der Waals surface area contributed by atoms with Crippen molar-refractivity contribution in [3.05, 3.63) is 90.5 Å². The molecule has 3 rings (SSSR count). The average Bonchev–Trinajstić information content (AvgIpc) is 2.72. The molecule has 3 aromatic carbocycles. The largest absolute Gasteiger partial charge is 0.524 e. The van der Waals surface area contributed by atoms with Gasteiger partial charge in [-0.15, -0.1) is 0 Å². The van der Waals surface area contributed by atoms with Crippen molar-refractivity contribution >= 4 is 26.4 Å². The average molecular weight is 456 g/mol. The first-order valence-corrected chi connectivity index (χ1v) is 11.3. The molecule has 0 unspecified atom stereocenters. The number of hydrogen-bond acceptors (Lipinski definition) is 4. The monoisotopic (exact) mass is 456 g/mol. The molecule has 0 fully saturated rings. The van der Waals surface area contributed by atoms with Gasteiger partial charge in [-0.1, -0.05) is 36.4 Å². The standard InChI is InChI=1S/C20H15F3O5S2/c21-20(22,23)30(26,27)28-29(16-7-3-1-4-8-16,17-9-5-2-6-10-17)18-13-11-15(12-14-18)19(24)25/h1-14H,(H,24,25). The van der Waals surface area contributed by atoms with Crippen LogP contribution in [0.25, 0.3) is 0 Å². The van der Waals surface area contributed by atoms with Gasteiger partial charge in [0.1, 0.15) is 0 Å². The van der Waals surface area contributed by atoms with E-state index in [1.165, 1.54) is 48.5 Å². The van der Waals surface area contributed by atoms with Gasteiger partial charge >= 0.3 is 21.6 Å². The summed E-state index contributed by atoms with van der Waals surface area (Å²) in [6, 6.07) is 20.3. The minimum atomic E-state index is -6.01. The van der Waals surface area contributed by atoms with Crippen molar-refractivity contribution in [1.29, 1.82) is 0 Å². The molecule has 0 aliphatic heterocycles. The van der Waals surface area contributed by atoms with Gasteiger partial charge in [0.15, 0.2) is 0 Å². The van der Waals surface area contributed by atoms with E-state index in [1.807, 2.05) is 0 Å². The Kier molecular flexibility index (Phi) is 5.93. The summed E-state index contributed by atoms with van der Waals surface area (Å²) in [5.41, 5.74) is -5.75. The van der Waals surface area contributed by atoms with E-state index in [2.05, 4.69) is 0 Å². The predicted octanol–water partition coefficient (Wildman–Crippen LogP) is 5.45. The highest BCUT2D eigenvalue weighted by Gasteiger charge is 2.52. The molecule has 0 aliphatic carbocycles. The zero-order valence-electron chi connectivity index (χ0n) is 15.1. The second kappa shape index (κ2) is 8.13. The molecule has 5 nitrogen and oxygen atoms in total. The number of carboxylic acid groups (broad SMARTS) is 1. The van der Waals surface area contributed by atoms with Crippen LogP contribution in [-0.4, -0.2) is 25.0 Å². The van der Waals surface area contributed by atoms with Gasteiger partial charge < -0.3 is 5.11 Å². The van der Waals surface area contributed by atoms with E-state index < -0.39 is 31.9 Å². The fourth-order valence-corrected chi connectivity index (χ4v) is 7.46. The molecular weight excluding hydrogens is 441 g/mol. The molecule has 0 heterocycles. The fourth-order valence-electron chi connectivity index (χ4n) is 2.71. The molecule has 30 heavy (non-hydrogen) atoms. The van der Waals surface area contributed by atoms with Crippen LogP contribution in [0.15, 0.2) is 99.6 Å². The third-order valence-corrected chi connectivity index (χ3v) is 8.97. The van der Waals surface area contributed by atoms with Gasteiger partial charge in [-0.3, -0.25) is 0 Å². The summed E-state index contributed by atoms with van der Waals surface area (Å²) in [4.78, 5) is 11.7. The van der Waals surface area contributed by atoms with E-state index in [4.69, 9.17) is 8.74 Å². The van der Waals surface area contributed by atoms with E-state index in [0.29, 0.717) is 0 Å². The molecule has 0 aromatic heterocycles. The van der Waals surface area contributed by atoms with Crippen molar-refractivity contribution in [1.82, 2.24) is 0 Å². The molecule has 3 aromatic rings. The highest BCUT2D eigenvalue weighted by molar-refractivity contribution is 8.33. The molecule has 0 bridgehead atoms. The number of alkyl halides is 3. The molecule has 0 aliphatic rings. The molecule has 10 heteroatoms. The van der Waals surface area contributed by atoms with Crippen LogP contribution in [0.4, 0.5) is 13.2 Å². The Morgan fingerprint density at radius 1 is 0.733 bits per heavy atom. The van der Waals surface area contributed by atoms with Gasteiger partial charge in [-0.2, -0.15) is 25.2 Å². The van der Waals surface area contributed by atoms with Crippen LogP contribution in [0.3, 0.4) is 0 Å². The summed E-state index contributed by atoms with van der Waals surface area (Å²) in [7, 11) is -9.42. The van der Waals surface area contributed by atoms with Crippen molar-refractivity contribution < 1.29 is 35.1 Å². The lowest BCUT2D eigenvalue weighted by Gasteiger charge is -2.39. The van der Waals surface area contributed by atoms with E-state index in [-0.39, 0.29) is 20.2 Å². The Labute approximate surface area is 172 Å². The fraction of sp³-hybridized carbons (Fsp3) is 0.0500. The number of benzene rings is 3. The van der Waals surface area contributed by atoms with Gasteiger partial charge in [0, 0.05) is 14.7 Å². The van der Waals surface area contributed by atoms with Gasteiger partial charge in [-0.05, 0) is 58.8 Å². The quantitative estimate of drug-likeness (QED) is 0.499.